The van der Waals surface area contributed by atoms with Gasteiger partial charge < -0.3 is 15.2 Å². The van der Waals surface area contributed by atoms with Crippen LogP contribution in [0.25, 0.3) is 0 Å². The normalized spacial score (nSPS) is 14.0. The second kappa shape index (κ2) is 11.1. The molecule has 0 aromatic heterocycles. The van der Waals surface area contributed by atoms with Crippen LogP contribution in [0.4, 0.5) is 0 Å². The molecule has 0 spiro atoms. The second-order valence-corrected chi connectivity index (χ2v) is 9.95. The Morgan fingerprint density at radius 2 is 1.43 bits per heavy atom. The molecule has 0 aliphatic rings. The molecule has 3 rings (SSSR count). The van der Waals surface area contributed by atoms with Crippen molar-refractivity contribution in [1.82, 2.24) is 0 Å². The number of rotatable bonds is 8. The van der Waals surface area contributed by atoms with Crippen LogP contribution in [0.3, 0.4) is 0 Å². The third-order valence-corrected chi connectivity index (χ3v) is 5.86. The average molecular weight is 494 g/mol. The SMILES string of the molecule is Cc1ccc(C(OC(=O)CCC(N)C(=O)OC(C)(C)C)(c2ccccc2)c2ccccc2Cl)cc1. The van der Waals surface area contributed by atoms with Gasteiger partial charge in [-0.1, -0.05) is 90.0 Å². The van der Waals surface area contributed by atoms with Crippen molar-refractivity contribution in [2.45, 2.75) is 57.8 Å². The molecule has 3 aromatic rings. The molecule has 0 saturated heterocycles. The van der Waals surface area contributed by atoms with Crippen molar-refractivity contribution >= 4 is 23.5 Å². The molecule has 0 amide bonds. The summed E-state index contributed by atoms with van der Waals surface area (Å²) in [6.07, 6.45) is 0.0281. The molecule has 2 N–H and O–H groups in total. The van der Waals surface area contributed by atoms with Crippen LogP contribution in [0.1, 0.15) is 55.9 Å². The topological polar surface area (TPSA) is 78.6 Å². The Morgan fingerprint density at radius 1 is 0.857 bits per heavy atom. The molecule has 0 aliphatic heterocycles. The summed E-state index contributed by atoms with van der Waals surface area (Å²) in [7, 11) is 0. The van der Waals surface area contributed by atoms with Gasteiger partial charge >= 0.3 is 11.9 Å². The average Bonchev–Trinajstić information content (AvgIpc) is 2.81. The van der Waals surface area contributed by atoms with Gasteiger partial charge in [0, 0.05) is 28.1 Å². The monoisotopic (exact) mass is 493 g/mol. The maximum atomic E-state index is 13.3. The Balaban J connectivity index is 2.00. The van der Waals surface area contributed by atoms with Gasteiger partial charge in [-0.3, -0.25) is 9.59 Å². The summed E-state index contributed by atoms with van der Waals surface area (Å²) in [5.74, 6) is -1.06. The number of hydrogen-bond donors (Lipinski definition) is 1. The van der Waals surface area contributed by atoms with Crippen molar-refractivity contribution in [1.29, 1.82) is 0 Å². The maximum absolute atomic E-state index is 13.3. The first-order valence-electron chi connectivity index (χ1n) is 11.6. The van der Waals surface area contributed by atoms with Crippen LogP contribution < -0.4 is 5.73 Å². The molecule has 5 nitrogen and oxygen atoms in total. The Morgan fingerprint density at radius 3 is 2.03 bits per heavy atom. The molecule has 0 saturated carbocycles. The molecule has 0 radical (unpaired) electrons. The summed E-state index contributed by atoms with van der Waals surface area (Å²) < 4.78 is 11.7. The van der Waals surface area contributed by atoms with E-state index in [0.717, 1.165) is 16.7 Å². The highest BCUT2D eigenvalue weighted by molar-refractivity contribution is 6.31. The van der Waals surface area contributed by atoms with E-state index in [9.17, 15) is 9.59 Å². The lowest BCUT2D eigenvalue weighted by Gasteiger charge is -2.36. The molecule has 0 heterocycles. The fraction of sp³-hybridized carbons (Fsp3) is 0.310. The predicted molar refractivity (Wildman–Crippen MR) is 138 cm³/mol. The molecule has 184 valence electrons. The first kappa shape index (κ1) is 26.5. The number of esters is 2. The minimum Gasteiger partial charge on any atom is -0.459 e. The first-order chi connectivity index (χ1) is 16.5. The minimum atomic E-state index is -1.29. The Labute approximate surface area is 212 Å². The number of hydrogen-bond acceptors (Lipinski definition) is 5. The van der Waals surface area contributed by atoms with Crippen molar-refractivity contribution in [2.24, 2.45) is 5.73 Å². The van der Waals surface area contributed by atoms with Crippen molar-refractivity contribution in [3.05, 3.63) is 106 Å². The molecular weight excluding hydrogens is 462 g/mol. The minimum absolute atomic E-state index is 0.0642. The van der Waals surface area contributed by atoms with Crippen molar-refractivity contribution in [2.75, 3.05) is 0 Å². The summed E-state index contributed by atoms with van der Waals surface area (Å²) in [5, 5.41) is 0.468. The standard InChI is InChI=1S/C29H32ClNO4/c1-20-14-16-22(17-15-20)29(21-10-6-5-7-11-21,23-12-8-9-13-24(23)30)34-26(32)19-18-25(31)27(33)35-28(2,3)4/h5-17,25H,18-19,31H2,1-4H3. The molecule has 35 heavy (non-hydrogen) atoms. The van der Waals surface area contributed by atoms with Crippen molar-refractivity contribution in [3.63, 3.8) is 0 Å². The van der Waals surface area contributed by atoms with Crippen LogP contribution in [0.2, 0.25) is 5.02 Å². The highest BCUT2D eigenvalue weighted by Crippen LogP contribution is 2.43. The van der Waals surface area contributed by atoms with Crippen LogP contribution in [-0.2, 0) is 24.7 Å². The van der Waals surface area contributed by atoms with E-state index in [1.165, 1.54) is 0 Å². The number of aryl methyl sites for hydroxylation is 1. The Kier molecular flexibility index (Phi) is 8.36. The molecular formula is C29H32ClNO4. The number of halogens is 1. The van der Waals surface area contributed by atoms with Gasteiger partial charge in [0.2, 0.25) is 0 Å². The zero-order valence-electron chi connectivity index (χ0n) is 20.6. The Hall–Kier alpha value is -3.15. The highest BCUT2D eigenvalue weighted by atomic mass is 35.5. The van der Waals surface area contributed by atoms with Gasteiger partial charge in [-0.05, 0) is 40.2 Å². The molecule has 3 aromatic carbocycles. The van der Waals surface area contributed by atoms with Gasteiger partial charge in [0.05, 0.1) is 0 Å². The largest absolute Gasteiger partial charge is 0.459 e. The van der Waals surface area contributed by atoms with Gasteiger partial charge in [0.15, 0.2) is 5.60 Å². The molecule has 2 unspecified atom stereocenters. The zero-order valence-corrected chi connectivity index (χ0v) is 21.3. The molecule has 0 bridgehead atoms. The van der Waals surface area contributed by atoms with Gasteiger partial charge in [-0.15, -0.1) is 0 Å². The molecule has 6 heteroatoms. The molecule has 0 fully saturated rings. The van der Waals surface area contributed by atoms with E-state index < -0.39 is 29.2 Å². The summed E-state index contributed by atoms with van der Waals surface area (Å²) in [4.78, 5) is 25.6. The highest BCUT2D eigenvalue weighted by Gasteiger charge is 2.42. The number of nitrogens with two attached hydrogens (primary N) is 1. The summed E-state index contributed by atoms with van der Waals surface area (Å²) in [6.45, 7) is 7.30. The summed E-state index contributed by atoms with van der Waals surface area (Å²) in [6, 6.07) is 23.7. The Bertz CT molecular complexity index is 1160. The third-order valence-electron chi connectivity index (χ3n) is 5.53. The lowest BCUT2D eigenvalue weighted by molar-refractivity contribution is -0.157. The quantitative estimate of drug-likeness (QED) is 0.310. The smallest absolute Gasteiger partial charge is 0.323 e. The van der Waals surface area contributed by atoms with E-state index >= 15 is 0 Å². The van der Waals surface area contributed by atoms with Gasteiger partial charge in [0.25, 0.3) is 0 Å². The van der Waals surface area contributed by atoms with Crippen LogP contribution >= 0.6 is 11.6 Å². The van der Waals surface area contributed by atoms with E-state index in [2.05, 4.69) is 0 Å². The fourth-order valence-electron chi connectivity index (χ4n) is 3.85. The van der Waals surface area contributed by atoms with E-state index in [1.807, 2.05) is 79.7 Å². The first-order valence-corrected chi connectivity index (χ1v) is 12.0. The van der Waals surface area contributed by atoms with Crippen LogP contribution in [0.5, 0.6) is 0 Å². The molecule has 0 aliphatic carbocycles. The van der Waals surface area contributed by atoms with Crippen LogP contribution in [0, 0.1) is 6.92 Å². The summed E-state index contributed by atoms with van der Waals surface area (Å²) in [5.41, 5.74) is 7.28. The van der Waals surface area contributed by atoms with E-state index in [1.54, 1.807) is 26.8 Å². The number of ether oxygens (including phenoxy) is 2. The van der Waals surface area contributed by atoms with Crippen LogP contribution in [-0.4, -0.2) is 23.6 Å². The summed E-state index contributed by atoms with van der Waals surface area (Å²) >= 11 is 6.68. The van der Waals surface area contributed by atoms with Crippen molar-refractivity contribution < 1.29 is 19.1 Å². The van der Waals surface area contributed by atoms with E-state index in [0.29, 0.717) is 10.6 Å². The number of carbonyl (C=O) groups excluding carboxylic acids is 2. The second-order valence-electron chi connectivity index (χ2n) is 9.55. The lowest BCUT2D eigenvalue weighted by Crippen LogP contribution is -2.39. The predicted octanol–water partition coefficient (Wildman–Crippen LogP) is 5.93. The number of benzene rings is 3. The number of carbonyl (C=O) groups is 2. The maximum Gasteiger partial charge on any atom is 0.323 e. The van der Waals surface area contributed by atoms with Gasteiger partial charge in [-0.25, -0.2) is 0 Å². The van der Waals surface area contributed by atoms with Gasteiger partial charge in [-0.2, -0.15) is 0 Å². The molecule has 2 atom stereocenters. The van der Waals surface area contributed by atoms with Gasteiger partial charge in [0.1, 0.15) is 11.6 Å². The lowest BCUT2D eigenvalue weighted by atomic mass is 9.79. The van der Waals surface area contributed by atoms with E-state index in [4.69, 9.17) is 26.8 Å². The zero-order chi connectivity index (χ0) is 25.6. The van der Waals surface area contributed by atoms with Crippen LogP contribution in [0.15, 0.2) is 78.9 Å². The van der Waals surface area contributed by atoms with E-state index in [-0.39, 0.29) is 12.8 Å². The fourth-order valence-corrected chi connectivity index (χ4v) is 4.12. The van der Waals surface area contributed by atoms with Crippen molar-refractivity contribution in [3.8, 4) is 0 Å². The third kappa shape index (κ3) is 6.50.